The summed E-state index contributed by atoms with van der Waals surface area (Å²) >= 11 is 0. The van der Waals surface area contributed by atoms with E-state index in [9.17, 15) is 4.79 Å². The van der Waals surface area contributed by atoms with Crippen LogP contribution >= 0.6 is 0 Å². The molecule has 0 saturated carbocycles. The van der Waals surface area contributed by atoms with Crippen LogP contribution in [-0.4, -0.2) is 24.7 Å². The molecule has 1 saturated heterocycles. The molecule has 3 nitrogen and oxygen atoms in total. The summed E-state index contributed by atoms with van der Waals surface area (Å²) in [6.45, 7) is 4.90. The van der Waals surface area contributed by atoms with Crippen molar-refractivity contribution in [1.29, 1.82) is 0 Å². The van der Waals surface area contributed by atoms with Crippen LogP contribution in [-0.2, 0) is 9.53 Å². The third-order valence-corrected chi connectivity index (χ3v) is 2.49. The van der Waals surface area contributed by atoms with Crippen molar-refractivity contribution in [2.24, 2.45) is 0 Å². The Morgan fingerprint density at radius 3 is 2.92 bits per heavy atom. The summed E-state index contributed by atoms with van der Waals surface area (Å²) < 4.78 is 5.24. The molecule has 1 N–H and O–H groups in total. The maximum absolute atomic E-state index is 11.5. The Labute approximate surface area is 79.8 Å². The Morgan fingerprint density at radius 1 is 1.62 bits per heavy atom. The van der Waals surface area contributed by atoms with Crippen LogP contribution in [0.2, 0.25) is 0 Å². The van der Waals surface area contributed by atoms with Crippen molar-refractivity contribution >= 4 is 5.97 Å². The molecular formula is C10H19NO2. The van der Waals surface area contributed by atoms with Gasteiger partial charge in [0.25, 0.3) is 0 Å². The van der Waals surface area contributed by atoms with Gasteiger partial charge in [-0.05, 0) is 32.7 Å². The molecule has 0 aromatic rings. The average molecular weight is 185 g/mol. The second-order valence-electron chi connectivity index (χ2n) is 3.66. The first-order chi connectivity index (χ1) is 6.24. The molecule has 13 heavy (non-hydrogen) atoms. The molecule has 1 rings (SSSR count). The zero-order valence-electron chi connectivity index (χ0n) is 8.51. The largest absolute Gasteiger partial charge is 0.462 e. The van der Waals surface area contributed by atoms with Crippen LogP contribution in [0.15, 0.2) is 0 Å². The number of rotatable bonds is 3. The highest BCUT2D eigenvalue weighted by molar-refractivity contribution is 5.76. The average Bonchev–Trinajstić information content (AvgIpc) is 2.19. The van der Waals surface area contributed by atoms with Gasteiger partial charge in [-0.2, -0.15) is 0 Å². The molecule has 76 valence electrons. The monoisotopic (exact) mass is 185 g/mol. The summed E-state index contributed by atoms with van der Waals surface area (Å²) in [5, 5.41) is 3.17. The molecule has 0 radical (unpaired) electrons. The minimum absolute atomic E-state index is 0.0521. The van der Waals surface area contributed by atoms with Crippen molar-refractivity contribution in [3.63, 3.8) is 0 Å². The molecule has 0 spiro atoms. The molecule has 0 amide bonds. The van der Waals surface area contributed by atoms with Crippen LogP contribution in [0, 0.1) is 0 Å². The summed E-state index contributed by atoms with van der Waals surface area (Å²) in [6, 6.07) is -0.0530. The number of piperidine rings is 1. The molecule has 2 atom stereocenters. The summed E-state index contributed by atoms with van der Waals surface area (Å²) in [5.74, 6) is -0.0750. The molecule has 1 aliphatic rings. The minimum atomic E-state index is -0.0750. The standard InChI is InChI=1S/C10H19NO2/c1-3-8(2)13-10(12)9-6-4-5-7-11-9/h8-9,11H,3-7H2,1-2H3/t8?,9-/m1/s1. The summed E-state index contributed by atoms with van der Waals surface area (Å²) in [5.41, 5.74) is 0. The lowest BCUT2D eigenvalue weighted by Crippen LogP contribution is -2.42. The van der Waals surface area contributed by atoms with E-state index in [4.69, 9.17) is 4.74 Å². The van der Waals surface area contributed by atoms with Crippen molar-refractivity contribution in [3.8, 4) is 0 Å². The van der Waals surface area contributed by atoms with E-state index in [0.29, 0.717) is 0 Å². The van der Waals surface area contributed by atoms with Crippen LogP contribution in [0.25, 0.3) is 0 Å². The van der Waals surface area contributed by atoms with E-state index in [1.165, 1.54) is 6.42 Å². The summed E-state index contributed by atoms with van der Waals surface area (Å²) in [6.07, 6.45) is 4.17. The lowest BCUT2D eigenvalue weighted by molar-refractivity contribution is -0.151. The van der Waals surface area contributed by atoms with E-state index in [2.05, 4.69) is 5.32 Å². The topological polar surface area (TPSA) is 38.3 Å². The minimum Gasteiger partial charge on any atom is -0.462 e. The molecule has 3 heteroatoms. The second-order valence-corrected chi connectivity index (χ2v) is 3.66. The number of ether oxygens (including phenoxy) is 1. The van der Waals surface area contributed by atoms with E-state index >= 15 is 0 Å². The normalized spacial score (nSPS) is 25.2. The SMILES string of the molecule is CCC(C)OC(=O)[C@H]1CCCCN1. The number of carbonyl (C=O) groups is 1. The van der Waals surface area contributed by atoms with E-state index < -0.39 is 0 Å². The maximum Gasteiger partial charge on any atom is 0.323 e. The number of carbonyl (C=O) groups excluding carboxylic acids is 1. The Morgan fingerprint density at radius 2 is 2.38 bits per heavy atom. The summed E-state index contributed by atoms with van der Waals surface area (Å²) in [7, 11) is 0. The molecule has 0 aromatic carbocycles. The molecule has 1 unspecified atom stereocenters. The van der Waals surface area contributed by atoms with Gasteiger partial charge in [0.2, 0.25) is 0 Å². The third kappa shape index (κ3) is 3.35. The maximum atomic E-state index is 11.5. The van der Waals surface area contributed by atoms with Crippen LogP contribution < -0.4 is 5.32 Å². The predicted octanol–water partition coefficient (Wildman–Crippen LogP) is 1.47. The fourth-order valence-electron chi connectivity index (χ4n) is 1.42. The first-order valence-electron chi connectivity index (χ1n) is 5.18. The Balaban J connectivity index is 2.29. The van der Waals surface area contributed by atoms with Gasteiger partial charge in [0, 0.05) is 0 Å². The van der Waals surface area contributed by atoms with E-state index in [1.54, 1.807) is 0 Å². The Hall–Kier alpha value is -0.570. The van der Waals surface area contributed by atoms with Gasteiger partial charge in [-0.25, -0.2) is 0 Å². The lowest BCUT2D eigenvalue weighted by atomic mass is 10.1. The predicted molar refractivity (Wildman–Crippen MR) is 51.5 cm³/mol. The third-order valence-electron chi connectivity index (χ3n) is 2.49. The number of esters is 1. The second kappa shape index (κ2) is 5.22. The molecule has 0 aromatic heterocycles. The molecular weight excluding hydrogens is 166 g/mol. The highest BCUT2D eigenvalue weighted by Gasteiger charge is 2.22. The summed E-state index contributed by atoms with van der Waals surface area (Å²) in [4.78, 5) is 11.5. The van der Waals surface area contributed by atoms with Crippen molar-refractivity contribution in [1.82, 2.24) is 5.32 Å². The quantitative estimate of drug-likeness (QED) is 0.677. The van der Waals surface area contributed by atoms with Crippen molar-refractivity contribution < 1.29 is 9.53 Å². The first-order valence-corrected chi connectivity index (χ1v) is 5.18. The van der Waals surface area contributed by atoms with Gasteiger partial charge in [0.15, 0.2) is 0 Å². The van der Waals surface area contributed by atoms with E-state index in [1.807, 2.05) is 13.8 Å². The van der Waals surface area contributed by atoms with Crippen LogP contribution in [0.1, 0.15) is 39.5 Å². The van der Waals surface area contributed by atoms with Gasteiger partial charge in [-0.1, -0.05) is 13.3 Å². The van der Waals surface area contributed by atoms with Crippen molar-refractivity contribution in [3.05, 3.63) is 0 Å². The van der Waals surface area contributed by atoms with E-state index in [-0.39, 0.29) is 18.1 Å². The number of hydrogen-bond acceptors (Lipinski definition) is 3. The number of nitrogens with one attached hydrogen (secondary N) is 1. The fraction of sp³-hybridized carbons (Fsp3) is 0.900. The van der Waals surface area contributed by atoms with Gasteiger partial charge in [0.1, 0.15) is 6.04 Å². The van der Waals surface area contributed by atoms with Crippen molar-refractivity contribution in [2.45, 2.75) is 51.7 Å². The smallest absolute Gasteiger partial charge is 0.323 e. The first kappa shape index (κ1) is 10.5. The van der Waals surface area contributed by atoms with Gasteiger partial charge >= 0.3 is 5.97 Å². The Kier molecular flexibility index (Phi) is 4.22. The van der Waals surface area contributed by atoms with Gasteiger partial charge in [-0.3, -0.25) is 4.79 Å². The molecule has 1 heterocycles. The van der Waals surface area contributed by atoms with E-state index in [0.717, 1.165) is 25.8 Å². The lowest BCUT2D eigenvalue weighted by Gasteiger charge is -2.23. The Bertz CT molecular complexity index is 164. The van der Waals surface area contributed by atoms with Crippen molar-refractivity contribution in [2.75, 3.05) is 6.54 Å². The number of hydrogen-bond donors (Lipinski definition) is 1. The van der Waals surface area contributed by atoms with Gasteiger partial charge in [-0.15, -0.1) is 0 Å². The van der Waals surface area contributed by atoms with Crippen LogP contribution in [0.3, 0.4) is 0 Å². The highest BCUT2D eigenvalue weighted by Crippen LogP contribution is 2.09. The van der Waals surface area contributed by atoms with Gasteiger partial charge in [0.05, 0.1) is 6.10 Å². The van der Waals surface area contributed by atoms with Crippen LogP contribution in [0.4, 0.5) is 0 Å². The zero-order chi connectivity index (χ0) is 9.68. The van der Waals surface area contributed by atoms with Gasteiger partial charge < -0.3 is 10.1 Å². The molecule has 1 fully saturated rings. The fourth-order valence-corrected chi connectivity index (χ4v) is 1.42. The molecule has 1 aliphatic heterocycles. The molecule has 0 aliphatic carbocycles. The highest BCUT2D eigenvalue weighted by atomic mass is 16.5. The van der Waals surface area contributed by atoms with Crippen LogP contribution in [0.5, 0.6) is 0 Å². The zero-order valence-corrected chi connectivity index (χ0v) is 8.51. The molecule has 0 bridgehead atoms.